The molecule has 17 heavy (non-hydrogen) atoms. The summed E-state index contributed by atoms with van der Waals surface area (Å²) in [6.45, 7) is 1.94. The Kier molecular flexibility index (Phi) is 2.62. The van der Waals surface area contributed by atoms with Gasteiger partial charge in [0.1, 0.15) is 12.1 Å². The summed E-state index contributed by atoms with van der Waals surface area (Å²) in [5.41, 5.74) is 0.354. The van der Waals surface area contributed by atoms with Gasteiger partial charge >= 0.3 is 5.69 Å². The van der Waals surface area contributed by atoms with E-state index in [1.165, 1.54) is 17.1 Å². The van der Waals surface area contributed by atoms with Crippen LogP contribution in [0.3, 0.4) is 0 Å². The Morgan fingerprint density at radius 3 is 3.24 bits per heavy atom. The monoisotopic (exact) mass is 297 g/mol. The molecule has 1 N–H and O–H groups in total. The molecule has 1 unspecified atom stereocenters. The van der Waals surface area contributed by atoms with E-state index < -0.39 is 0 Å². The Bertz CT molecular complexity index is 592. The van der Waals surface area contributed by atoms with Crippen LogP contribution < -0.4 is 10.6 Å². The Hall–Kier alpha value is -1.37. The van der Waals surface area contributed by atoms with E-state index in [0.717, 1.165) is 25.3 Å². The second-order valence-corrected chi connectivity index (χ2v) is 5.48. The number of nitrogens with one attached hydrogen (secondary N) is 1. The molecule has 0 bridgehead atoms. The second-order valence-electron chi connectivity index (χ2n) is 4.19. The van der Waals surface area contributed by atoms with Gasteiger partial charge in [-0.3, -0.25) is 0 Å². The molecule has 2 aromatic heterocycles. The number of H-pyrrole nitrogens is 1. The lowest BCUT2D eigenvalue weighted by molar-refractivity contribution is 0.591. The third kappa shape index (κ3) is 1.95. The first-order valence-corrected chi connectivity index (χ1v) is 6.47. The molecule has 90 valence electrons. The van der Waals surface area contributed by atoms with Crippen molar-refractivity contribution in [3.63, 3.8) is 0 Å². The number of fused-ring (bicyclic) bond motifs is 1. The van der Waals surface area contributed by atoms with Crippen LogP contribution in [0.4, 0.5) is 5.82 Å². The van der Waals surface area contributed by atoms with Crippen LogP contribution in [0.15, 0.2) is 17.2 Å². The van der Waals surface area contributed by atoms with Crippen LogP contribution in [0.1, 0.15) is 12.8 Å². The van der Waals surface area contributed by atoms with Gasteiger partial charge in [-0.2, -0.15) is 5.10 Å². The largest absolute Gasteiger partial charge is 0.355 e. The average molecular weight is 298 g/mol. The lowest BCUT2D eigenvalue weighted by Crippen LogP contribution is -2.36. The average Bonchev–Trinajstić information content (AvgIpc) is 2.71. The normalized spacial score (nSPS) is 21.0. The first-order valence-electron chi connectivity index (χ1n) is 5.56. The van der Waals surface area contributed by atoms with E-state index in [-0.39, 0.29) is 5.69 Å². The standard InChI is InChI=1S/C10H12BrN5O/c11-7-2-1-3-15(5-7)8-4-9-13-14-10(17)16(9)6-12-8/h4,6-7H,1-3,5H2,(H,14,17). The summed E-state index contributed by atoms with van der Waals surface area (Å²) in [5, 5.41) is 6.34. The van der Waals surface area contributed by atoms with Gasteiger partial charge < -0.3 is 4.90 Å². The van der Waals surface area contributed by atoms with Crippen molar-refractivity contribution in [2.24, 2.45) is 0 Å². The fraction of sp³-hybridized carbons (Fsp3) is 0.500. The molecule has 7 heteroatoms. The molecule has 0 amide bonds. The van der Waals surface area contributed by atoms with E-state index in [0.29, 0.717) is 10.5 Å². The first-order chi connectivity index (χ1) is 8.24. The molecule has 0 saturated carbocycles. The fourth-order valence-electron chi connectivity index (χ4n) is 2.11. The number of piperidine rings is 1. The molecule has 6 nitrogen and oxygen atoms in total. The molecule has 0 aliphatic carbocycles. The van der Waals surface area contributed by atoms with Crippen molar-refractivity contribution in [3.8, 4) is 0 Å². The van der Waals surface area contributed by atoms with Crippen molar-refractivity contribution in [1.82, 2.24) is 19.6 Å². The van der Waals surface area contributed by atoms with Gasteiger partial charge in [-0.05, 0) is 12.8 Å². The van der Waals surface area contributed by atoms with Gasteiger partial charge in [0, 0.05) is 24.0 Å². The smallest absolute Gasteiger partial charge is 0.348 e. The minimum Gasteiger partial charge on any atom is -0.355 e. The van der Waals surface area contributed by atoms with E-state index in [1.54, 1.807) is 0 Å². The maximum Gasteiger partial charge on any atom is 0.348 e. The summed E-state index contributed by atoms with van der Waals surface area (Å²) in [4.78, 5) is 18.3. The summed E-state index contributed by atoms with van der Waals surface area (Å²) in [7, 11) is 0. The highest BCUT2D eigenvalue weighted by Crippen LogP contribution is 2.21. The molecule has 1 fully saturated rings. The number of alkyl halides is 1. The van der Waals surface area contributed by atoms with Crippen molar-refractivity contribution in [1.29, 1.82) is 0 Å². The molecule has 0 spiro atoms. The zero-order chi connectivity index (χ0) is 11.8. The van der Waals surface area contributed by atoms with Crippen LogP contribution in [0, 0.1) is 0 Å². The molecule has 3 rings (SSSR count). The van der Waals surface area contributed by atoms with Gasteiger partial charge in [0.25, 0.3) is 0 Å². The highest BCUT2D eigenvalue weighted by Gasteiger charge is 2.19. The second kappa shape index (κ2) is 4.14. The number of anilines is 1. The van der Waals surface area contributed by atoms with E-state index >= 15 is 0 Å². The summed E-state index contributed by atoms with van der Waals surface area (Å²) in [5.74, 6) is 0.876. The lowest BCUT2D eigenvalue weighted by Gasteiger charge is -2.30. The molecular formula is C10H12BrN5O. The molecular weight excluding hydrogens is 286 g/mol. The SMILES string of the molecule is O=c1[nH]nc2cc(N3CCCC(Br)C3)ncn12. The minimum absolute atomic E-state index is 0.254. The highest BCUT2D eigenvalue weighted by molar-refractivity contribution is 9.09. The van der Waals surface area contributed by atoms with E-state index in [1.807, 2.05) is 6.07 Å². The van der Waals surface area contributed by atoms with Gasteiger partial charge in [0.15, 0.2) is 5.65 Å². The predicted molar refractivity (Wildman–Crippen MR) is 67.8 cm³/mol. The predicted octanol–water partition coefficient (Wildman–Crippen LogP) is 0.781. The van der Waals surface area contributed by atoms with Crippen LogP contribution in [0.25, 0.3) is 5.65 Å². The molecule has 1 saturated heterocycles. The van der Waals surface area contributed by atoms with Crippen LogP contribution in [0.5, 0.6) is 0 Å². The fourth-order valence-corrected chi connectivity index (χ4v) is 2.78. The Balaban J connectivity index is 1.97. The van der Waals surface area contributed by atoms with E-state index in [2.05, 4.69) is 36.0 Å². The summed E-state index contributed by atoms with van der Waals surface area (Å²) < 4.78 is 1.40. The molecule has 1 aliphatic heterocycles. The van der Waals surface area contributed by atoms with Gasteiger partial charge in [0.2, 0.25) is 0 Å². The van der Waals surface area contributed by atoms with Crippen molar-refractivity contribution in [3.05, 3.63) is 22.9 Å². The number of rotatable bonds is 1. The zero-order valence-electron chi connectivity index (χ0n) is 9.14. The van der Waals surface area contributed by atoms with Crippen LogP contribution in [0.2, 0.25) is 0 Å². The molecule has 1 atom stereocenters. The van der Waals surface area contributed by atoms with Crippen LogP contribution >= 0.6 is 15.9 Å². The number of hydrogen-bond acceptors (Lipinski definition) is 4. The molecule has 0 aromatic carbocycles. The summed E-state index contributed by atoms with van der Waals surface area (Å²) in [6.07, 6.45) is 3.87. The molecule has 0 radical (unpaired) electrons. The third-order valence-electron chi connectivity index (χ3n) is 2.98. The first kappa shape index (κ1) is 10.8. The zero-order valence-corrected chi connectivity index (χ0v) is 10.7. The van der Waals surface area contributed by atoms with Gasteiger partial charge in [-0.15, -0.1) is 0 Å². The Morgan fingerprint density at radius 2 is 2.41 bits per heavy atom. The number of aromatic amines is 1. The molecule has 1 aliphatic rings. The van der Waals surface area contributed by atoms with Crippen LogP contribution in [-0.4, -0.2) is 37.5 Å². The molecule has 3 heterocycles. The number of halogens is 1. The third-order valence-corrected chi connectivity index (χ3v) is 3.73. The van der Waals surface area contributed by atoms with Gasteiger partial charge in [-0.1, -0.05) is 15.9 Å². The quantitative estimate of drug-likeness (QED) is 0.790. The highest BCUT2D eigenvalue weighted by atomic mass is 79.9. The van der Waals surface area contributed by atoms with E-state index in [4.69, 9.17) is 0 Å². The van der Waals surface area contributed by atoms with Crippen LogP contribution in [-0.2, 0) is 0 Å². The number of nitrogens with zero attached hydrogens (tertiary/aromatic N) is 4. The van der Waals surface area contributed by atoms with Gasteiger partial charge in [0.05, 0.1) is 0 Å². The summed E-state index contributed by atoms with van der Waals surface area (Å²) >= 11 is 3.63. The summed E-state index contributed by atoms with van der Waals surface area (Å²) in [6, 6.07) is 1.84. The number of hydrogen-bond donors (Lipinski definition) is 1. The lowest BCUT2D eigenvalue weighted by atomic mass is 10.1. The Labute approximate surface area is 106 Å². The minimum atomic E-state index is -0.254. The van der Waals surface area contributed by atoms with Crippen molar-refractivity contribution >= 4 is 27.4 Å². The van der Waals surface area contributed by atoms with Crippen molar-refractivity contribution in [2.45, 2.75) is 17.7 Å². The molecule has 2 aromatic rings. The van der Waals surface area contributed by atoms with Crippen molar-refractivity contribution in [2.75, 3.05) is 18.0 Å². The maximum absolute atomic E-state index is 11.3. The van der Waals surface area contributed by atoms with E-state index in [9.17, 15) is 4.79 Å². The maximum atomic E-state index is 11.3. The van der Waals surface area contributed by atoms with Gasteiger partial charge in [-0.25, -0.2) is 19.3 Å². The Morgan fingerprint density at radius 1 is 1.53 bits per heavy atom. The van der Waals surface area contributed by atoms with Crippen molar-refractivity contribution < 1.29 is 0 Å². The number of aromatic nitrogens is 4. The topological polar surface area (TPSA) is 66.3 Å².